The van der Waals surface area contributed by atoms with Crippen molar-refractivity contribution in [3.8, 4) is 6.07 Å². The molecule has 0 aliphatic carbocycles. The minimum Gasteiger partial charge on any atom is -1.00 e. The summed E-state index contributed by atoms with van der Waals surface area (Å²) in [6.07, 6.45) is 5.21. The standard InChI is InChI=1S/C49H51F3N6O4.BrH/c1-58(2,34-41-32-54-46(62-41)48(61,37-18-11-9-12-19-37)38-20-13-10-14-21-38)29-16-8-6-4-3-5-7-15-28-56-33-42-43(45(56)59)44(36-26-24-35(31-53)25-27-36)55-47(60)57(42)40-23-17-22-39(30-40)49(50,51)52;/h9-14,17-27,30,32,44,61H,3-8,15-16,28-29,33-34H2,1-2H3;1H/t44-;/m1./s1. The molecule has 1 aromatic heterocycles. The summed E-state index contributed by atoms with van der Waals surface area (Å²) in [6.45, 7) is 2.14. The molecule has 0 saturated heterocycles. The molecule has 7 rings (SSSR count). The minimum atomic E-state index is -4.61. The van der Waals surface area contributed by atoms with Gasteiger partial charge in [-0.1, -0.05) is 111 Å². The molecular weight excluding hydrogens is 873 g/mol. The fourth-order valence-electron chi connectivity index (χ4n) is 8.49. The molecule has 3 heterocycles. The van der Waals surface area contributed by atoms with Crippen molar-refractivity contribution in [3.63, 3.8) is 0 Å². The van der Waals surface area contributed by atoms with Gasteiger partial charge in [0.1, 0.15) is 6.54 Å². The third-order valence-corrected chi connectivity index (χ3v) is 11.8. The molecule has 2 aliphatic heterocycles. The zero-order valence-corrected chi connectivity index (χ0v) is 37.0. The van der Waals surface area contributed by atoms with Crippen molar-refractivity contribution in [1.29, 1.82) is 5.26 Å². The smallest absolute Gasteiger partial charge is 0.416 e. The van der Waals surface area contributed by atoms with E-state index in [1.54, 1.807) is 35.4 Å². The van der Waals surface area contributed by atoms with Crippen molar-refractivity contribution in [1.82, 2.24) is 15.2 Å². The molecule has 14 heteroatoms. The van der Waals surface area contributed by atoms with Gasteiger partial charge in [0.05, 0.1) is 73.6 Å². The predicted molar refractivity (Wildman–Crippen MR) is 229 cm³/mol. The molecule has 0 radical (unpaired) electrons. The number of aliphatic hydroxyl groups is 1. The van der Waals surface area contributed by atoms with E-state index in [0.29, 0.717) is 56.9 Å². The number of alkyl halides is 3. The fourth-order valence-corrected chi connectivity index (χ4v) is 8.49. The zero-order valence-electron chi connectivity index (χ0n) is 35.5. The van der Waals surface area contributed by atoms with Crippen molar-refractivity contribution >= 4 is 17.6 Å². The van der Waals surface area contributed by atoms with Crippen LogP contribution in [-0.4, -0.2) is 65.1 Å². The number of carbonyl (C=O) groups excluding carboxylic acids is 2. The van der Waals surface area contributed by atoms with Crippen LogP contribution in [0.5, 0.6) is 0 Å². The number of hydrogen-bond acceptors (Lipinski definition) is 6. The van der Waals surface area contributed by atoms with Crippen LogP contribution in [0.2, 0.25) is 0 Å². The van der Waals surface area contributed by atoms with Crippen LogP contribution in [0, 0.1) is 11.3 Å². The van der Waals surface area contributed by atoms with E-state index in [4.69, 9.17) is 4.42 Å². The highest BCUT2D eigenvalue weighted by molar-refractivity contribution is 6.07. The molecule has 2 aliphatic rings. The van der Waals surface area contributed by atoms with Gasteiger partial charge in [-0.3, -0.25) is 9.69 Å². The van der Waals surface area contributed by atoms with Crippen LogP contribution in [0.1, 0.15) is 96.9 Å². The molecule has 3 amide bonds. The van der Waals surface area contributed by atoms with Gasteiger partial charge < -0.3 is 41.2 Å². The van der Waals surface area contributed by atoms with E-state index in [0.717, 1.165) is 70.0 Å². The fraction of sp³-hybridized carbons (Fsp3) is 0.347. The zero-order chi connectivity index (χ0) is 43.9. The molecule has 0 saturated carbocycles. The van der Waals surface area contributed by atoms with E-state index in [2.05, 4.69) is 30.5 Å². The number of benzene rings is 4. The number of nitriles is 1. The summed E-state index contributed by atoms with van der Waals surface area (Å²) < 4.78 is 48.0. The molecule has 1 atom stereocenters. The maximum Gasteiger partial charge on any atom is 0.416 e. The van der Waals surface area contributed by atoms with Gasteiger partial charge in [0, 0.05) is 6.54 Å². The monoisotopic (exact) mass is 924 g/mol. The normalized spacial score (nSPS) is 15.5. The summed E-state index contributed by atoms with van der Waals surface area (Å²) in [5.74, 6) is 0.694. The van der Waals surface area contributed by atoms with Crippen LogP contribution < -0.4 is 27.2 Å². The Kier molecular flexibility index (Phi) is 15.0. The second kappa shape index (κ2) is 20.2. The molecule has 330 valence electrons. The number of halogens is 4. The van der Waals surface area contributed by atoms with E-state index < -0.39 is 29.4 Å². The van der Waals surface area contributed by atoms with E-state index in [-0.39, 0.29) is 41.0 Å². The number of amides is 3. The van der Waals surface area contributed by atoms with E-state index in [9.17, 15) is 33.1 Å². The average molecular weight is 926 g/mol. The summed E-state index contributed by atoms with van der Waals surface area (Å²) in [5, 5.41) is 24.2. The number of nitrogens with zero attached hydrogens (tertiary/aromatic N) is 5. The van der Waals surface area contributed by atoms with Crippen LogP contribution in [0.3, 0.4) is 0 Å². The van der Waals surface area contributed by atoms with Crippen molar-refractivity contribution in [3.05, 3.63) is 166 Å². The van der Waals surface area contributed by atoms with Crippen LogP contribution in [0.4, 0.5) is 23.7 Å². The molecule has 0 fully saturated rings. The number of unbranched alkanes of at least 4 members (excludes halogenated alkanes) is 7. The summed E-state index contributed by atoms with van der Waals surface area (Å²) >= 11 is 0. The topological polar surface area (TPSA) is 123 Å². The third-order valence-electron chi connectivity index (χ3n) is 11.8. The Morgan fingerprint density at radius 3 is 2.02 bits per heavy atom. The maximum absolute atomic E-state index is 14.0. The number of rotatable bonds is 18. The van der Waals surface area contributed by atoms with E-state index in [1.807, 2.05) is 60.7 Å². The molecule has 0 unspecified atom stereocenters. The first-order valence-electron chi connectivity index (χ1n) is 21.2. The highest BCUT2D eigenvalue weighted by atomic mass is 79.9. The van der Waals surface area contributed by atoms with E-state index in [1.165, 1.54) is 17.0 Å². The van der Waals surface area contributed by atoms with Gasteiger partial charge >= 0.3 is 12.2 Å². The van der Waals surface area contributed by atoms with Crippen molar-refractivity contribution < 1.29 is 53.7 Å². The number of urea groups is 1. The quantitative estimate of drug-likeness (QED) is 0.0754. The lowest BCUT2D eigenvalue weighted by Crippen LogP contribution is -3.00. The van der Waals surface area contributed by atoms with Crippen LogP contribution in [-0.2, 0) is 23.1 Å². The van der Waals surface area contributed by atoms with Gasteiger partial charge in [-0.25, -0.2) is 9.78 Å². The summed E-state index contributed by atoms with van der Waals surface area (Å²) in [5.41, 5.74) is 0.694. The molecule has 0 bridgehead atoms. The lowest BCUT2D eigenvalue weighted by molar-refractivity contribution is -0.904. The number of carbonyl (C=O) groups is 2. The number of hydrogen-bond donors (Lipinski definition) is 2. The molecule has 5 aromatic rings. The molecule has 10 nitrogen and oxygen atoms in total. The Balaban J connectivity index is 0.00000661. The van der Waals surface area contributed by atoms with Crippen molar-refractivity contribution in [2.45, 2.75) is 75.7 Å². The number of aromatic nitrogens is 1. The Hall–Kier alpha value is -5.75. The number of oxazole rings is 1. The van der Waals surface area contributed by atoms with Gasteiger partial charge in [0.25, 0.3) is 5.91 Å². The molecule has 0 spiro atoms. The van der Waals surface area contributed by atoms with Crippen LogP contribution >= 0.6 is 0 Å². The van der Waals surface area contributed by atoms with Crippen LogP contribution in [0.25, 0.3) is 0 Å². The van der Waals surface area contributed by atoms with Gasteiger partial charge in [-0.05, 0) is 66.3 Å². The predicted octanol–water partition coefficient (Wildman–Crippen LogP) is 6.62. The lowest BCUT2D eigenvalue weighted by Gasteiger charge is -2.33. The number of nitrogens with one attached hydrogen (secondary N) is 1. The first-order chi connectivity index (χ1) is 29.8. The largest absolute Gasteiger partial charge is 1.00 e. The minimum absolute atomic E-state index is 0. The second-order valence-electron chi connectivity index (χ2n) is 16.8. The molecular formula is C49H52BrF3N6O4. The Morgan fingerprint density at radius 2 is 1.41 bits per heavy atom. The molecule has 63 heavy (non-hydrogen) atoms. The van der Waals surface area contributed by atoms with Crippen molar-refractivity contribution in [2.24, 2.45) is 0 Å². The summed E-state index contributed by atoms with van der Waals surface area (Å²) in [4.78, 5) is 35.0. The molecule has 2 N–H and O–H groups in total. The summed E-state index contributed by atoms with van der Waals surface area (Å²) in [7, 11) is 4.34. The van der Waals surface area contributed by atoms with Crippen molar-refractivity contribution in [2.75, 3.05) is 38.6 Å². The SMILES string of the molecule is C[N+](C)(CCCCCCCCCCN1CC2=C(C1=O)[C@@H](c1ccc(C#N)cc1)NC(=O)N2c1cccc(C(F)(F)F)c1)Cc1cnc(C(O)(c2ccccc2)c2ccccc2)o1.[Br-]. The Morgan fingerprint density at radius 1 is 0.825 bits per heavy atom. The highest BCUT2D eigenvalue weighted by Gasteiger charge is 2.45. The third kappa shape index (κ3) is 10.7. The maximum atomic E-state index is 14.0. The Bertz CT molecular complexity index is 2380. The first kappa shape index (κ1) is 46.7. The van der Waals surface area contributed by atoms with E-state index >= 15 is 0 Å². The first-order valence-corrected chi connectivity index (χ1v) is 21.2. The average Bonchev–Trinajstić information content (AvgIpc) is 3.87. The number of anilines is 1. The molecule has 4 aromatic carbocycles. The van der Waals surface area contributed by atoms with Gasteiger partial charge in [0.15, 0.2) is 11.4 Å². The second-order valence-corrected chi connectivity index (χ2v) is 16.8. The lowest BCUT2D eigenvalue weighted by atomic mass is 9.86. The van der Waals surface area contributed by atoms with Crippen LogP contribution in [0.15, 0.2) is 131 Å². The highest BCUT2D eigenvalue weighted by Crippen LogP contribution is 2.41. The van der Waals surface area contributed by atoms with Gasteiger partial charge in [-0.15, -0.1) is 0 Å². The van der Waals surface area contributed by atoms with Gasteiger partial charge in [-0.2, -0.15) is 18.4 Å². The Labute approximate surface area is 377 Å². The van der Waals surface area contributed by atoms with Gasteiger partial charge in [0.2, 0.25) is 5.89 Å². The summed E-state index contributed by atoms with van der Waals surface area (Å²) in [6, 6.07) is 30.6. The number of quaternary nitrogens is 1.